The zero-order valence-electron chi connectivity index (χ0n) is 24.2. The van der Waals surface area contributed by atoms with Gasteiger partial charge in [0.25, 0.3) is 5.56 Å². The molecule has 0 saturated carbocycles. The van der Waals surface area contributed by atoms with E-state index >= 15 is 0 Å². The molecule has 0 radical (unpaired) electrons. The van der Waals surface area contributed by atoms with Crippen molar-refractivity contribution in [3.05, 3.63) is 123 Å². The summed E-state index contributed by atoms with van der Waals surface area (Å²) in [5, 5.41) is 1.13. The Balaban J connectivity index is 1.60. The summed E-state index contributed by atoms with van der Waals surface area (Å²) in [5.41, 5.74) is -1.36. The molecule has 14 heteroatoms. The van der Waals surface area contributed by atoms with E-state index in [9.17, 15) is 22.8 Å². The maximum atomic E-state index is 14.3. The molecule has 0 amide bonds. The van der Waals surface area contributed by atoms with E-state index in [4.69, 9.17) is 49.0 Å². The predicted octanol–water partition coefficient (Wildman–Crippen LogP) is 7.28. The lowest BCUT2D eigenvalue weighted by Gasteiger charge is -2.26. The Kier molecular flexibility index (Phi) is 10.2. The van der Waals surface area contributed by atoms with E-state index in [-0.39, 0.29) is 28.1 Å². The zero-order chi connectivity index (χ0) is 33.2. The Morgan fingerprint density at radius 2 is 1.70 bits per heavy atom. The number of alkyl halides is 3. The number of rotatable bonds is 9. The van der Waals surface area contributed by atoms with Crippen molar-refractivity contribution >= 4 is 58.2 Å². The smallest absolute Gasteiger partial charge is 0.434 e. The minimum atomic E-state index is -5.01. The van der Waals surface area contributed by atoms with E-state index in [1.807, 2.05) is 0 Å². The van der Waals surface area contributed by atoms with Crippen molar-refractivity contribution < 1.29 is 32.2 Å². The van der Waals surface area contributed by atoms with Gasteiger partial charge in [0.1, 0.15) is 6.61 Å². The molecule has 0 fully saturated rings. The fraction of sp³-hybridized carbons (Fsp3) is 0.219. The molecule has 0 aliphatic carbocycles. The molecule has 1 aromatic heterocycles. The average molecular weight is 712 g/mol. The van der Waals surface area contributed by atoms with Crippen LogP contribution in [0.25, 0.3) is 6.08 Å². The summed E-state index contributed by atoms with van der Waals surface area (Å²) < 4.78 is 60.9. The van der Waals surface area contributed by atoms with Crippen LogP contribution >= 0.6 is 46.1 Å². The average Bonchev–Trinajstić information content (AvgIpc) is 3.32. The van der Waals surface area contributed by atoms with Crippen LogP contribution in [0.5, 0.6) is 11.5 Å². The van der Waals surface area contributed by atoms with Crippen molar-refractivity contribution in [3.8, 4) is 11.5 Å². The predicted molar refractivity (Wildman–Crippen MR) is 171 cm³/mol. The van der Waals surface area contributed by atoms with Crippen molar-refractivity contribution in [2.45, 2.75) is 32.7 Å². The molecular formula is C32H24Cl3F3N2O5S. The second-order valence-electron chi connectivity index (χ2n) is 9.79. The first-order valence-corrected chi connectivity index (χ1v) is 15.8. The highest BCUT2D eigenvalue weighted by Gasteiger charge is 2.45. The molecule has 2 heterocycles. The van der Waals surface area contributed by atoms with Gasteiger partial charge in [0.15, 0.2) is 22.0 Å². The lowest BCUT2D eigenvalue weighted by molar-refractivity contribution is -0.140. The molecular weight excluding hydrogens is 688 g/mol. The van der Waals surface area contributed by atoms with Gasteiger partial charge in [-0.1, -0.05) is 70.4 Å². The van der Waals surface area contributed by atoms with Gasteiger partial charge in [-0.3, -0.25) is 9.36 Å². The Hall–Kier alpha value is -3.77. The van der Waals surface area contributed by atoms with Gasteiger partial charge in [-0.15, -0.1) is 0 Å². The van der Waals surface area contributed by atoms with Crippen molar-refractivity contribution in [2.24, 2.45) is 4.99 Å². The number of esters is 1. The number of thiazole rings is 1. The molecule has 0 unspecified atom stereocenters. The van der Waals surface area contributed by atoms with Crippen LogP contribution in [0.3, 0.4) is 0 Å². The molecule has 46 heavy (non-hydrogen) atoms. The second-order valence-corrected chi connectivity index (χ2v) is 12.1. The van der Waals surface area contributed by atoms with Gasteiger partial charge in [0, 0.05) is 5.02 Å². The largest absolute Gasteiger partial charge is 0.490 e. The highest BCUT2D eigenvalue weighted by molar-refractivity contribution is 7.07. The number of allylic oxidation sites excluding steroid dienone is 1. The minimum absolute atomic E-state index is 0.0799. The highest BCUT2D eigenvalue weighted by atomic mass is 35.5. The third kappa shape index (κ3) is 7.12. The number of ether oxygens (including phenoxy) is 3. The Morgan fingerprint density at radius 3 is 2.35 bits per heavy atom. The summed E-state index contributed by atoms with van der Waals surface area (Å²) in [6.07, 6.45) is -3.50. The SMILES string of the molecule is CCOC(=O)C1=C(C(F)(F)F)N=c2s/c(=C\c3ccc(OCc4ccc(Cl)c(Cl)c4)c(OCC)c3)c(=O)n2[C@H]1c1ccc(Cl)cc1. The number of carbonyl (C=O) groups excluding carboxylic acids is 1. The number of hydrogen-bond acceptors (Lipinski definition) is 7. The minimum Gasteiger partial charge on any atom is -0.490 e. The summed E-state index contributed by atoms with van der Waals surface area (Å²) in [6.45, 7) is 3.57. The molecule has 240 valence electrons. The van der Waals surface area contributed by atoms with Crippen molar-refractivity contribution in [3.63, 3.8) is 0 Å². The van der Waals surface area contributed by atoms with Crippen LogP contribution in [-0.2, 0) is 16.1 Å². The lowest BCUT2D eigenvalue weighted by atomic mass is 9.95. The summed E-state index contributed by atoms with van der Waals surface area (Å²) >= 11 is 18.9. The van der Waals surface area contributed by atoms with Gasteiger partial charge in [-0.2, -0.15) is 13.2 Å². The van der Waals surface area contributed by atoms with Gasteiger partial charge in [0.2, 0.25) is 0 Å². The molecule has 4 aromatic rings. The molecule has 0 bridgehead atoms. The van der Waals surface area contributed by atoms with Crippen molar-refractivity contribution in [1.29, 1.82) is 0 Å². The van der Waals surface area contributed by atoms with Gasteiger partial charge in [-0.25, -0.2) is 9.79 Å². The molecule has 3 aromatic carbocycles. The number of nitrogens with zero attached hydrogens (tertiary/aromatic N) is 2. The van der Waals surface area contributed by atoms with Crippen LogP contribution in [0.4, 0.5) is 13.2 Å². The van der Waals surface area contributed by atoms with Crippen molar-refractivity contribution in [2.75, 3.05) is 13.2 Å². The van der Waals surface area contributed by atoms with Gasteiger partial charge >= 0.3 is 12.1 Å². The molecule has 1 aliphatic rings. The van der Waals surface area contributed by atoms with E-state index < -0.39 is 35.0 Å². The first-order valence-electron chi connectivity index (χ1n) is 13.8. The number of carbonyl (C=O) groups is 1. The summed E-state index contributed by atoms with van der Waals surface area (Å²) in [6, 6.07) is 14.5. The summed E-state index contributed by atoms with van der Waals surface area (Å²) in [7, 11) is 0. The maximum Gasteiger partial charge on any atom is 0.434 e. The fourth-order valence-corrected chi connectivity index (χ4v) is 6.19. The number of halogens is 6. The molecule has 1 aliphatic heterocycles. The van der Waals surface area contributed by atoms with Crippen LogP contribution in [0.15, 0.2) is 81.7 Å². The van der Waals surface area contributed by atoms with E-state index in [0.717, 1.165) is 21.5 Å². The standard InChI is InChI=1S/C32H24Cl3F3N2O5S/c1-3-43-24-14-17(6-12-23(24)45-16-18-5-11-21(34)22(35)13-18)15-25-29(41)40-27(19-7-9-20(33)10-8-19)26(30(42)44-4-2)28(32(36,37)38)39-31(40)46-25/h5-15,27H,3-4,16H2,1-2H3/b25-15-/t27-/m0/s1. The molecule has 0 saturated heterocycles. The van der Waals surface area contributed by atoms with Gasteiger partial charge in [0.05, 0.1) is 39.4 Å². The van der Waals surface area contributed by atoms with Crippen LogP contribution in [0.2, 0.25) is 15.1 Å². The van der Waals surface area contributed by atoms with Gasteiger partial charge in [-0.05, 0) is 73.0 Å². The fourth-order valence-electron chi connectivity index (χ4n) is 4.74. The third-order valence-corrected chi connectivity index (χ3v) is 8.70. The van der Waals surface area contributed by atoms with E-state index in [2.05, 4.69) is 4.99 Å². The number of aromatic nitrogens is 1. The van der Waals surface area contributed by atoms with E-state index in [1.165, 1.54) is 37.3 Å². The number of hydrogen-bond donors (Lipinski definition) is 0. The molecule has 0 spiro atoms. The molecule has 0 N–H and O–H groups in total. The van der Waals surface area contributed by atoms with Crippen LogP contribution in [-0.4, -0.2) is 29.9 Å². The normalized spacial score (nSPS) is 15.0. The Bertz CT molecular complexity index is 2010. The van der Waals surface area contributed by atoms with E-state index in [1.54, 1.807) is 43.3 Å². The first-order chi connectivity index (χ1) is 21.9. The van der Waals surface area contributed by atoms with E-state index in [0.29, 0.717) is 38.7 Å². The maximum absolute atomic E-state index is 14.3. The molecule has 7 nitrogen and oxygen atoms in total. The number of benzene rings is 3. The summed E-state index contributed by atoms with van der Waals surface area (Å²) in [5.74, 6) is -0.430. The quantitative estimate of drug-likeness (QED) is 0.171. The zero-order valence-corrected chi connectivity index (χ0v) is 27.2. The Morgan fingerprint density at radius 1 is 0.957 bits per heavy atom. The second kappa shape index (κ2) is 13.9. The number of fused-ring (bicyclic) bond motifs is 1. The summed E-state index contributed by atoms with van der Waals surface area (Å²) in [4.78, 5) is 30.4. The Labute approximate surface area is 279 Å². The monoisotopic (exact) mass is 710 g/mol. The van der Waals surface area contributed by atoms with Gasteiger partial charge < -0.3 is 14.2 Å². The molecule has 1 atom stereocenters. The molecule has 5 rings (SSSR count). The van der Waals surface area contributed by atoms with Crippen LogP contribution in [0, 0.1) is 0 Å². The van der Waals surface area contributed by atoms with Crippen molar-refractivity contribution in [1.82, 2.24) is 4.57 Å². The third-order valence-electron chi connectivity index (χ3n) is 6.72. The first kappa shape index (κ1) is 33.6. The van der Waals surface area contributed by atoms with Crippen LogP contribution in [0.1, 0.15) is 36.6 Å². The lowest BCUT2D eigenvalue weighted by Crippen LogP contribution is -2.41. The highest BCUT2D eigenvalue weighted by Crippen LogP contribution is 2.38. The van der Waals surface area contributed by atoms with Crippen LogP contribution < -0.4 is 24.4 Å². The topological polar surface area (TPSA) is 79.1 Å².